The maximum absolute atomic E-state index is 12.8. The highest BCUT2D eigenvalue weighted by Gasteiger charge is 2.20. The zero-order valence-corrected chi connectivity index (χ0v) is 13.9. The average molecular weight is 312 g/mol. The number of amides is 1. The highest BCUT2D eigenvalue weighted by Crippen LogP contribution is 2.18. The van der Waals surface area contributed by atoms with Crippen molar-refractivity contribution < 1.29 is 4.79 Å². The Bertz CT molecular complexity index is 786. The second-order valence-electron chi connectivity index (χ2n) is 6.49. The van der Waals surface area contributed by atoms with E-state index in [2.05, 4.69) is 5.32 Å². The van der Waals surface area contributed by atoms with E-state index in [-0.39, 0.29) is 22.9 Å². The highest BCUT2D eigenvalue weighted by atomic mass is 16.2. The van der Waals surface area contributed by atoms with Gasteiger partial charge in [0.2, 0.25) is 5.43 Å². The molecule has 1 N–H and O–H groups in total. The van der Waals surface area contributed by atoms with Gasteiger partial charge in [-0.05, 0) is 38.8 Å². The van der Waals surface area contributed by atoms with Crippen LogP contribution >= 0.6 is 0 Å². The summed E-state index contributed by atoms with van der Waals surface area (Å²) in [6, 6.07) is 6.04. The Morgan fingerprint density at radius 2 is 2.00 bits per heavy atom. The molecule has 0 unspecified atom stereocenters. The van der Waals surface area contributed by atoms with Crippen LogP contribution in [0.4, 0.5) is 0 Å². The number of fused-ring (bicyclic) bond motifs is 1. The van der Waals surface area contributed by atoms with Crippen molar-refractivity contribution in [3.05, 3.63) is 45.7 Å². The molecule has 0 bridgehead atoms. The van der Waals surface area contributed by atoms with Crippen molar-refractivity contribution >= 4 is 16.8 Å². The first kappa shape index (κ1) is 15.8. The summed E-state index contributed by atoms with van der Waals surface area (Å²) >= 11 is 0. The minimum absolute atomic E-state index is 0.165. The molecule has 0 radical (unpaired) electrons. The number of pyridine rings is 1. The third-order valence-electron chi connectivity index (χ3n) is 4.76. The number of benzene rings is 1. The van der Waals surface area contributed by atoms with E-state index >= 15 is 0 Å². The lowest BCUT2D eigenvalue weighted by atomic mass is 9.95. The number of aryl methyl sites for hydroxylation is 2. The molecule has 1 amide bonds. The Morgan fingerprint density at radius 3 is 2.70 bits per heavy atom. The summed E-state index contributed by atoms with van der Waals surface area (Å²) in [5.74, 6) is -0.229. The number of hydrogen-bond acceptors (Lipinski definition) is 2. The number of nitrogens with one attached hydrogen (secondary N) is 1. The molecule has 1 aliphatic rings. The van der Waals surface area contributed by atoms with E-state index < -0.39 is 0 Å². The number of hydrogen-bond donors (Lipinski definition) is 1. The lowest BCUT2D eigenvalue weighted by Gasteiger charge is -2.23. The van der Waals surface area contributed by atoms with Crippen LogP contribution in [0, 0.1) is 6.92 Å². The molecule has 23 heavy (non-hydrogen) atoms. The monoisotopic (exact) mass is 312 g/mol. The Hall–Kier alpha value is -2.10. The quantitative estimate of drug-likeness (QED) is 0.944. The van der Waals surface area contributed by atoms with Gasteiger partial charge in [-0.2, -0.15) is 0 Å². The third-order valence-corrected chi connectivity index (χ3v) is 4.76. The van der Waals surface area contributed by atoms with E-state index in [9.17, 15) is 9.59 Å². The first-order valence-corrected chi connectivity index (χ1v) is 8.55. The molecule has 1 aliphatic carbocycles. The van der Waals surface area contributed by atoms with E-state index in [4.69, 9.17) is 0 Å². The number of rotatable bonds is 3. The van der Waals surface area contributed by atoms with Gasteiger partial charge in [-0.1, -0.05) is 30.9 Å². The van der Waals surface area contributed by atoms with Gasteiger partial charge in [-0.15, -0.1) is 0 Å². The van der Waals surface area contributed by atoms with Gasteiger partial charge < -0.3 is 9.88 Å². The standard InChI is InChI=1S/C19H24N2O2/c1-3-21-12-16(19(23)20-14-7-5-4-6-8-14)18(22)15-11-13(2)9-10-17(15)21/h9-12,14H,3-8H2,1-2H3,(H,20,23). The zero-order valence-electron chi connectivity index (χ0n) is 13.9. The SMILES string of the molecule is CCn1cc(C(=O)NC2CCCCC2)c(=O)c2cc(C)ccc21. The molecule has 4 heteroatoms. The van der Waals surface area contributed by atoms with Gasteiger partial charge in [0, 0.05) is 24.2 Å². The average Bonchev–Trinajstić information content (AvgIpc) is 2.56. The molecule has 0 spiro atoms. The first-order chi connectivity index (χ1) is 11.1. The van der Waals surface area contributed by atoms with Crippen LogP contribution in [-0.2, 0) is 6.54 Å². The van der Waals surface area contributed by atoms with E-state index in [1.807, 2.05) is 36.6 Å². The fraction of sp³-hybridized carbons (Fsp3) is 0.474. The topological polar surface area (TPSA) is 51.1 Å². The summed E-state index contributed by atoms with van der Waals surface area (Å²) in [7, 11) is 0. The third kappa shape index (κ3) is 3.16. The molecule has 122 valence electrons. The van der Waals surface area contributed by atoms with Gasteiger partial charge in [-0.25, -0.2) is 0 Å². The van der Waals surface area contributed by atoms with Crippen molar-refractivity contribution in [3.8, 4) is 0 Å². The number of carbonyl (C=O) groups is 1. The molecule has 0 atom stereocenters. The summed E-state index contributed by atoms with van der Waals surface area (Å²) in [5, 5.41) is 3.68. The van der Waals surface area contributed by atoms with Crippen LogP contribution < -0.4 is 10.7 Å². The van der Waals surface area contributed by atoms with E-state index in [0.29, 0.717) is 5.39 Å². The number of aromatic nitrogens is 1. The van der Waals surface area contributed by atoms with Crippen LogP contribution in [0.1, 0.15) is 54.9 Å². The molecule has 1 aromatic heterocycles. The van der Waals surface area contributed by atoms with E-state index in [1.54, 1.807) is 6.20 Å². The molecule has 0 saturated heterocycles. The zero-order chi connectivity index (χ0) is 16.4. The maximum Gasteiger partial charge on any atom is 0.256 e. The fourth-order valence-electron chi connectivity index (χ4n) is 3.44. The molecule has 2 aromatic rings. The molecule has 1 fully saturated rings. The maximum atomic E-state index is 12.8. The van der Waals surface area contributed by atoms with Gasteiger partial charge in [0.15, 0.2) is 0 Å². The molecule has 3 rings (SSSR count). The predicted octanol–water partition coefficient (Wildman–Crippen LogP) is 3.39. The number of carbonyl (C=O) groups excluding carboxylic acids is 1. The van der Waals surface area contributed by atoms with Crippen LogP contribution in [0.3, 0.4) is 0 Å². The summed E-state index contributed by atoms with van der Waals surface area (Å²) in [5.41, 5.74) is 2.01. The van der Waals surface area contributed by atoms with Crippen molar-refractivity contribution in [3.63, 3.8) is 0 Å². The first-order valence-electron chi connectivity index (χ1n) is 8.55. The van der Waals surface area contributed by atoms with E-state index in [1.165, 1.54) is 6.42 Å². The predicted molar refractivity (Wildman–Crippen MR) is 93.0 cm³/mol. The fourth-order valence-corrected chi connectivity index (χ4v) is 3.44. The van der Waals surface area contributed by atoms with Gasteiger partial charge in [0.1, 0.15) is 5.56 Å². The van der Waals surface area contributed by atoms with Crippen molar-refractivity contribution in [2.75, 3.05) is 0 Å². The van der Waals surface area contributed by atoms with Crippen LogP contribution in [0.5, 0.6) is 0 Å². The highest BCUT2D eigenvalue weighted by molar-refractivity contribution is 5.97. The van der Waals surface area contributed by atoms with Gasteiger partial charge in [0.25, 0.3) is 5.91 Å². The summed E-state index contributed by atoms with van der Waals surface area (Å²) in [6.45, 7) is 4.71. The molecule has 1 aromatic carbocycles. The number of nitrogens with zero attached hydrogens (tertiary/aromatic N) is 1. The summed E-state index contributed by atoms with van der Waals surface area (Å²) < 4.78 is 1.98. The summed E-state index contributed by atoms with van der Waals surface area (Å²) in [4.78, 5) is 25.4. The molecular formula is C19H24N2O2. The Morgan fingerprint density at radius 1 is 1.26 bits per heavy atom. The van der Waals surface area contributed by atoms with Crippen molar-refractivity contribution in [1.29, 1.82) is 0 Å². The minimum atomic E-state index is -0.229. The lowest BCUT2D eigenvalue weighted by molar-refractivity contribution is 0.0926. The minimum Gasteiger partial charge on any atom is -0.349 e. The summed E-state index contributed by atoms with van der Waals surface area (Å²) in [6.07, 6.45) is 7.28. The molecular weight excluding hydrogens is 288 g/mol. The Balaban J connectivity index is 2.01. The second-order valence-corrected chi connectivity index (χ2v) is 6.49. The van der Waals surface area contributed by atoms with Gasteiger partial charge in [0.05, 0.1) is 5.52 Å². The van der Waals surface area contributed by atoms with Crippen molar-refractivity contribution in [1.82, 2.24) is 9.88 Å². The molecule has 4 nitrogen and oxygen atoms in total. The Labute approximate surface area is 136 Å². The molecule has 1 saturated carbocycles. The van der Waals surface area contributed by atoms with Crippen LogP contribution in [0.15, 0.2) is 29.2 Å². The van der Waals surface area contributed by atoms with Gasteiger partial charge >= 0.3 is 0 Å². The van der Waals surface area contributed by atoms with Crippen molar-refractivity contribution in [2.45, 2.75) is 58.5 Å². The largest absolute Gasteiger partial charge is 0.349 e. The molecule has 0 aliphatic heterocycles. The normalized spacial score (nSPS) is 15.7. The van der Waals surface area contributed by atoms with Gasteiger partial charge in [-0.3, -0.25) is 9.59 Å². The smallest absolute Gasteiger partial charge is 0.256 e. The van der Waals surface area contributed by atoms with Crippen LogP contribution in [-0.4, -0.2) is 16.5 Å². The van der Waals surface area contributed by atoms with Crippen molar-refractivity contribution in [2.24, 2.45) is 0 Å². The Kier molecular flexibility index (Phi) is 4.51. The van der Waals surface area contributed by atoms with Crippen LogP contribution in [0.25, 0.3) is 10.9 Å². The van der Waals surface area contributed by atoms with Crippen LogP contribution in [0.2, 0.25) is 0 Å². The lowest BCUT2D eigenvalue weighted by Crippen LogP contribution is -2.38. The molecule has 1 heterocycles. The van der Waals surface area contributed by atoms with E-state index in [0.717, 1.165) is 43.3 Å². The second kappa shape index (κ2) is 6.57.